The molecule has 4 amide bonds. The fourth-order valence-electron chi connectivity index (χ4n) is 3.16. The van der Waals surface area contributed by atoms with Gasteiger partial charge in [0.05, 0.1) is 0 Å². The third-order valence-corrected chi connectivity index (χ3v) is 4.73. The number of hydrogen-bond acceptors (Lipinski definition) is 5. The quantitative estimate of drug-likeness (QED) is 0.589. The molecule has 1 aromatic rings. The zero-order valence-corrected chi connectivity index (χ0v) is 16.7. The number of nitrogens with one attached hydrogen (secondary N) is 2. The minimum Gasteiger partial charge on any atom is -0.454 e. The molecule has 1 aromatic carbocycles. The lowest BCUT2D eigenvalue weighted by Crippen LogP contribution is -2.52. The van der Waals surface area contributed by atoms with Gasteiger partial charge in [-0.3, -0.25) is 9.59 Å². The number of piperidine rings is 1. The number of amides is 4. The van der Waals surface area contributed by atoms with E-state index >= 15 is 0 Å². The van der Waals surface area contributed by atoms with Crippen LogP contribution in [-0.4, -0.2) is 54.0 Å². The first-order valence-electron chi connectivity index (χ1n) is 9.67. The van der Waals surface area contributed by atoms with Gasteiger partial charge in [-0.1, -0.05) is 32.0 Å². The summed E-state index contributed by atoms with van der Waals surface area (Å²) >= 11 is 0. The second-order valence-electron chi connectivity index (χ2n) is 7.29. The van der Waals surface area contributed by atoms with Crippen LogP contribution in [0.3, 0.4) is 0 Å². The number of carbonyl (C=O) groups is 4. The van der Waals surface area contributed by atoms with Gasteiger partial charge in [0.15, 0.2) is 6.61 Å². The standard InChI is InChI=1S/C20H28N4O5/c1-13(2)17(23-20(28)22-14-8-4-3-5-9-14)19(27)29-12-16(25)24-11-7-6-10-15(24)18(21)26/h3-5,8-9,13,15,17H,6-7,10-12H2,1-2H3,(H2,21,26)(H2,22,23,28)/t15-,17+/m0/s1. The summed E-state index contributed by atoms with van der Waals surface area (Å²) in [6, 6.07) is 6.64. The van der Waals surface area contributed by atoms with E-state index in [1.165, 1.54) is 4.90 Å². The Kier molecular flexibility index (Phi) is 7.99. The van der Waals surface area contributed by atoms with Crippen molar-refractivity contribution in [3.63, 3.8) is 0 Å². The van der Waals surface area contributed by atoms with Crippen molar-refractivity contribution in [2.45, 2.75) is 45.2 Å². The third-order valence-electron chi connectivity index (χ3n) is 4.73. The Balaban J connectivity index is 1.90. The minimum absolute atomic E-state index is 0.257. The molecule has 29 heavy (non-hydrogen) atoms. The van der Waals surface area contributed by atoms with Crippen LogP contribution in [0.2, 0.25) is 0 Å². The van der Waals surface area contributed by atoms with Gasteiger partial charge in [-0.05, 0) is 37.3 Å². The van der Waals surface area contributed by atoms with Crippen LogP contribution in [0.5, 0.6) is 0 Å². The van der Waals surface area contributed by atoms with E-state index in [1.54, 1.807) is 38.1 Å². The summed E-state index contributed by atoms with van der Waals surface area (Å²) < 4.78 is 5.13. The number of benzene rings is 1. The molecule has 0 spiro atoms. The molecule has 0 aromatic heterocycles. The van der Waals surface area contributed by atoms with Gasteiger partial charge < -0.3 is 26.0 Å². The SMILES string of the molecule is CC(C)[C@@H](NC(=O)Nc1ccccc1)C(=O)OCC(=O)N1CCCC[C@H]1C(N)=O. The summed E-state index contributed by atoms with van der Waals surface area (Å²) in [5.41, 5.74) is 5.94. The topological polar surface area (TPSA) is 131 Å². The van der Waals surface area contributed by atoms with Crippen molar-refractivity contribution in [1.29, 1.82) is 0 Å². The van der Waals surface area contributed by atoms with Gasteiger partial charge >= 0.3 is 12.0 Å². The average molecular weight is 404 g/mol. The molecule has 158 valence electrons. The lowest BCUT2D eigenvalue weighted by molar-refractivity contribution is -0.156. The molecule has 0 unspecified atom stereocenters. The van der Waals surface area contributed by atoms with Crippen LogP contribution in [0.1, 0.15) is 33.1 Å². The molecule has 0 bridgehead atoms. The first-order chi connectivity index (χ1) is 13.8. The number of esters is 1. The van der Waals surface area contributed by atoms with Gasteiger partial charge in [0.25, 0.3) is 5.91 Å². The summed E-state index contributed by atoms with van der Waals surface area (Å²) in [6.45, 7) is 3.40. The molecule has 4 N–H and O–H groups in total. The van der Waals surface area contributed by atoms with Gasteiger partial charge in [0.1, 0.15) is 12.1 Å². The fourth-order valence-corrected chi connectivity index (χ4v) is 3.16. The summed E-state index contributed by atoms with van der Waals surface area (Å²) in [6.07, 6.45) is 2.08. The van der Waals surface area contributed by atoms with Crippen LogP contribution in [0.25, 0.3) is 0 Å². The van der Waals surface area contributed by atoms with E-state index in [0.717, 1.165) is 12.8 Å². The number of nitrogens with zero attached hydrogens (tertiary/aromatic N) is 1. The normalized spacial score (nSPS) is 17.3. The molecule has 1 saturated heterocycles. The van der Waals surface area contributed by atoms with E-state index in [-0.39, 0.29) is 5.92 Å². The molecule has 0 radical (unpaired) electrons. The summed E-state index contributed by atoms with van der Waals surface area (Å²) in [4.78, 5) is 49.9. The highest BCUT2D eigenvalue weighted by Crippen LogP contribution is 2.17. The molecular weight excluding hydrogens is 376 g/mol. The highest BCUT2D eigenvalue weighted by Gasteiger charge is 2.32. The number of para-hydroxylation sites is 1. The fraction of sp³-hybridized carbons (Fsp3) is 0.500. The smallest absolute Gasteiger partial charge is 0.329 e. The van der Waals surface area contributed by atoms with Crippen molar-refractivity contribution < 1.29 is 23.9 Å². The summed E-state index contributed by atoms with van der Waals surface area (Å²) in [5.74, 6) is -2.02. The predicted molar refractivity (Wildman–Crippen MR) is 107 cm³/mol. The number of rotatable bonds is 7. The van der Waals surface area contributed by atoms with Crippen LogP contribution in [0.15, 0.2) is 30.3 Å². The van der Waals surface area contributed by atoms with Crippen molar-refractivity contribution in [3.05, 3.63) is 30.3 Å². The number of anilines is 1. The maximum Gasteiger partial charge on any atom is 0.329 e. The van der Waals surface area contributed by atoms with E-state index in [0.29, 0.717) is 18.7 Å². The third kappa shape index (κ3) is 6.48. The van der Waals surface area contributed by atoms with E-state index in [9.17, 15) is 19.2 Å². The van der Waals surface area contributed by atoms with Crippen LogP contribution >= 0.6 is 0 Å². The maximum atomic E-state index is 12.4. The maximum absolute atomic E-state index is 12.4. The minimum atomic E-state index is -0.931. The first-order valence-corrected chi connectivity index (χ1v) is 9.67. The second-order valence-corrected chi connectivity index (χ2v) is 7.29. The van der Waals surface area contributed by atoms with Gasteiger partial charge in [-0.15, -0.1) is 0 Å². The van der Waals surface area contributed by atoms with Crippen LogP contribution in [-0.2, 0) is 19.1 Å². The first kappa shape index (κ1) is 22.2. The van der Waals surface area contributed by atoms with Crippen molar-refractivity contribution in [2.24, 2.45) is 11.7 Å². The van der Waals surface area contributed by atoms with E-state index < -0.39 is 42.5 Å². The van der Waals surface area contributed by atoms with Gasteiger partial charge in [-0.25, -0.2) is 9.59 Å². The number of hydrogen-bond donors (Lipinski definition) is 3. The van der Waals surface area contributed by atoms with Crippen LogP contribution < -0.4 is 16.4 Å². The molecule has 1 aliphatic heterocycles. The largest absolute Gasteiger partial charge is 0.454 e. The number of ether oxygens (including phenoxy) is 1. The second kappa shape index (κ2) is 10.4. The van der Waals surface area contributed by atoms with Crippen molar-refractivity contribution in [1.82, 2.24) is 10.2 Å². The zero-order valence-electron chi connectivity index (χ0n) is 16.7. The predicted octanol–water partition coefficient (Wildman–Crippen LogP) is 1.24. The van der Waals surface area contributed by atoms with Crippen molar-refractivity contribution in [2.75, 3.05) is 18.5 Å². The number of likely N-dealkylation sites (tertiary alicyclic amines) is 1. The number of urea groups is 1. The zero-order chi connectivity index (χ0) is 21.4. The van der Waals surface area contributed by atoms with Crippen LogP contribution in [0, 0.1) is 5.92 Å². The molecule has 9 heteroatoms. The molecule has 0 aliphatic carbocycles. The molecule has 9 nitrogen and oxygen atoms in total. The summed E-state index contributed by atoms with van der Waals surface area (Å²) in [5, 5.41) is 5.20. The molecule has 1 fully saturated rings. The monoisotopic (exact) mass is 404 g/mol. The van der Waals surface area contributed by atoms with Gasteiger partial charge in [0.2, 0.25) is 5.91 Å². The highest BCUT2D eigenvalue weighted by molar-refractivity contribution is 5.93. The Morgan fingerprint density at radius 2 is 1.86 bits per heavy atom. The average Bonchev–Trinajstić information content (AvgIpc) is 2.70. The number of carbonyl (C=O) groups excluding carboxylic acids is 4. The molecular formula is C20H28N4O5. The molecule has 2 rings (SSSR count). The Morgan fingerprint density at radius 3 is 2.48 bits per heavy atom. The van der Waals surface area contributed by atoms with E-state index in [2.05, 4.69) is 10.6 Å². The van der Waals surface area contributed by atoms with Gasteiger partial charge in [-0.2, -0.15) is 0 Å². The molecule has 0 saturated carbocycles. The van der Waals surface area contributed by atoms with Crippen LogP contribution in [0.4, 0.5) is 10.5 Å². The summed E-state index contributed by atoms with van der Waals surface area (Å²) in [7, 11) is 0. The lowest BCUT2D eigenvalue weighted by atomic mass is 10.0. The Labute approximate surface area is 169 Å². The Morgan fingerprint density at radius 1 is 1.17 bits per heavy atom. The van der Waals surface area contributed by atoms with E-state index in [1.807, 2.05) is 6.07 Å². The molecule has 1 heterocycles. The van der Waals surface area contributed by atoms with Crippen molar-refractivity contribution >= 4 is 29.5 Å². The van der Waals surface area contributed by atoms with E-state index in [4.69, 9.17) is 10.5 Å². The number of nitrogens with two attached hydrogens (primary N) is 1. The van der Waals surface area contributed by atoms with Crippen molar-refractivity contribution in [3.8, 4) is 0 Å². The molecule has 1 aliphatic rings. The number of primary amides is 1. The highest BCUT2D eigenvalue weighted by atomic mass is 16.5. The Hall–Kier alpha value is -3.10. The lowest BCUT2D eigenvalue weighted by Gasteiger charge is -2.33. The van der Waals surface area contributed by atoms with Gasteiger partial charge in [0, 0.05) is 12.2 Å². The Bertz CT molecular complexity index is 738. The molecule has 2 atom stereocenters.